The maximum absolute atomic E-state index is 9.66. The van der Waals surface area contributed by atoms with Crippen molar-refractivity contribution in [3.63, 3.8) is 0 Å². The molecule has 0 bridgehead atoms. The van der Waals surface area contributed by atoms with Crippen LogP contribution in [0.4, 0.5) is 5.69 Å². The SMILES string of the molecule is [C-]#[N+]c1cccc(-c2ccc(-c3cccc(-n4c5ccccc5c5ccc(C#N)cc54)c3)cc2)c1-n1c2ccccc2c2cc(C#N)ccc21. The van der Waals surface area contributed by atoms with E-state index in [1.165, 1.54) is 0 Å². The average molecular weight is 636 g/mol. The Hall–Kier alpha value is -7.39. The van der Waals surface area contributed by atoms with E-state index in [2.05, 4.69) is 105 Å². The van der Waals surface area contributed by atoms with Gasteiger partial charge in [0.2, 0.25) is 5.69 Å². The van der Waals surface area contributed by atoms with Crippen LogP contribution >= 0.6 is 0 Å². The predicted octanol–water partition coefficient (Wildman–Crippen LogP) is 11.5. The maximum atomic E-state index is 9.66. The lowest BCUT2D eigenvalue weighted by Crippen LogP contribution is -1.98. The van der Waals surface area contributed by atoms with E-state index in [1.807, 2.05) is 72.8 Å². The molecule has 0 fully saturated rings. The van der Waals surface area contributed by atoms with E-state index in [4.69, 9.17) is 6.57 Å². The van der Waals surface area contributed by atoms with Crippen molar-refractivity contribution in [1.29, 1.82) is 10.5 Å². The van der Waals surface area contributed by atoms with Gasteiger partial charge >= 0.3 is 0 Å². The Bertz CT molecular complexity index is 2960. The number of aromatic nitrogens is 2. The Morgan fingerprint density at radius 2 is 1.08 bits per heavy atom. The molecule has 9 aromatic rings. The van der Waals surface area contributed by atoms with E-state index in [9.17, 15) is 10.5 Å². The second-order valence-electron chi connectivity index (χ2n) is 12.3. The molecule has 0 atom stereocenters. The Balaban J connectivity index is 1.18. The molecule has 0 aliphatic heterocycles. The van der Waals surface area contributed by atoms with Crippen LogP contribution in [0.15, 0.2) is 152 Å². The van der Waals surface area contributed by atoms with Gasteiger partial charge in [-0.3, -0.25) is 0 Å². The van der Waals surface area contributed by atoms with Crippen LogP contribution < -0.4 is 0 Å². The molecular weight excluding hydrogens is 611 g/mol. The molecule has 0 saturated carbocycles. The third kappa shape index (κ3) is 4.38. The minimum atomic E-state index is 0.553. The number of benzene rings is 7. The van der Waals surface area contributed by atoms with Gasteiger partial charge in [0.25, 0.3) is 0 Å². The average Bonchev–Trinajstić information content (AvgIpc) is 3.69. The lowest BCUT2D eigenvalue weighted by Gasteiger charge is -2.16. The molecule has 7 aromatic carbocycles. The Kier molecular flexibility index (Phi) is 6.56. The summed E-state index contributed by atoms with van der Waals surface area (Å²) in [5.41, 5.74) is 11.7. The third-order valence-corrected chi connectivity index (χ3v) is 9.60. The van der Waals surface area contributed by atoms with Crippen LogP contribution in [0.5, 0.6) is 0 Å². The number of para-hydroxylation sites is 3. The van der Waals surface area contributed by atoms with Crippen molar-refractivity contribution in [3.05, 3.63) is 174 Å². The monoisotopic (exact) mass is 635 g/mol. The highest BCUT2D eigenvalue weighted by molar-refractivity contribution is 6.11. The second-order valence-corrected chi connectivity index (χ2v) is 12.3. The summed E-state index contributed by atoms with van der Waals surface area (Å²) in [5, 5.41) is 23.6. The van der Waals surface area contributed by atoms with E-state index >= 15 is 0 Å². The number of hydrogen-bond donors (Lipinski definition) is 0. The largest absolute Gasteiger partial charge is 0.318 e. The van der Waals surface area contributed by atoms with E-state index in [-0.39, 0.29) is 0 Å². The molecule has 9 rings (SSSR count). The predicted molar refractivity (Wildman–Crippen MR) is 202 cm³/mol. The minimum absolute atomic E-state index is 0.553. The van der Waals surface area contributed by atoms with Gasteiger partial charge in [-0.15, -0.1) is 0 Å². The number of rotatable bonds is 4. The fourth-order valence-electron chi connectivity index (χ4n) is 7.36. The normalized spacial score (nSPS) is 11.1. The Labute approximate surface area is 288 Å². The van der Waals surface area contributed by atoms with Crippen molar-refractivity contribution in [2.75, 3.05) is 0 Å². The Morgan fingerprint density at radius 1 is 0.460 bits per heavy atom. The van der Waals surface area contributed by atoms with Crippen LogP contribution in [-0.4, -0.2) is 9.13 Å². The lowest BCUT2D eigenvalue weighted by atomic mass is 9.98. The van der Waals surface area contributed by atoms with Crippen LogP contribution in [0.1, 0.15) is 11.1 Å². The summed E-state index contributed by atoms with van der Waals surface area (Å²) in [6.45, 7) is 8.13. The molecular formula is C45H25N5. The summed E-state index contributed by atoms with van der Waals surface area (Å²) in [5.74, 6) is 0. The summed E-state index contributed by atoms with van der Waals surface area (Å²) >= 11 is 0. The second kappa shape index (κ2) is 11.4. The zero-order valence-electron chi connectivity index (χ0n) is 26.7. The first kappa shape index (κ1) is 28.8. The maximum Gasteiger partial charge on any atom is 0.211 e. The number of nitriles is 2. The van der Waals surface area contributed by atoms with Gasteiger partial charge in [-0.05, 0) is 76.9 Å². The van der Waals surface area contributed by atoms with Crippen LogP contribution in [0, 0.1) is 29.2 Å². The van der Waals surface area contributed by atoms with Gasteiger partial charge in [-0.25, -0.2) is 4.85 Å². The standard InChI is InChI=1S/C45H25N5/c1-48-40-13-7-12-35(45(40)50-42-15-5-3-11-37(42)39-24-29(27-46)17-23-43(39)50)32-20-18-31(19-21-32)33-8-6-9-34(26-33)49-41-14-4-2-10-36(41)38-22-16-30(28-47)25-44(38)49/h2-26H. The van der Waals surface area contributed by atoms with E-state index in [1.54, 1.807) is 0 Å². The fourth-order valence-corrected chi connectivity index (χ4v) is 7.36. The first-order valence-electron chi connectivity index (χ1n) is 16.3. The van der Waals surface area contributed by atoms with Gasteiger partial charge < -0.3 is 9.13 Å². The molecule has 0 spiro atoms. The van der Waals surface area contributed by atoms with Crippen molar-refractivity contribution in [2.45, 2.75) is 0 Å². The molecule has 230 valence electrons. The summed E-state index contributed by atoms with van der Waals surface area (Å²) in [6, 6.07) is 55.6. The number of fused-ring (bicyclic) bond motifs is 6. The van der Waals surface area contributed by atoms with Gasteiger partial charge in [-0.2, -0.15) is 10.5 Å². The van der Waals surface area contributed by atoms with Gasteiger partial charge in [0.15, 0.2) is 0 Å². The summed E-state index contributed by atoms with van der Waals surface area (Å²) in [6.07, 6.45) is 0. The molecule has 0 saturated heterocycles. The Morgan fingerprint density at radius 3 is 1.84 bits per heavy atom. The van der Waals surface area contributed by atoms with Crippen molar-refractivity contribution >= 4 is 49.3 Å². The topological polar surface area (TPSA) is 61.8 Å². The zero-order valence-corrected chi connectivity index (χ0v) is 26.7. The van der Waals surface area contributed by atoms with Gasteiger partial charge in [0.05, 0.1) is 57.6 Å². The minimum Gasteiger partial charge on any atom is -0.318 e. The molecule has 2 aromatic heterocycles. The molecule has 5 heteroatoms. The van der Waals surface area contributed by atoms with Crippen LogP contribution in [-0.2, 0) is 0 Å². The van der Waals surface area contributed by atoms with Crippen LogP contribution in [0.2, 0.25) is 0 Å². The summed E-state index contributed by atoms with van der Waals surface area (Å²) in [4.78, 5) is 3.97. The molecule has 0 amide bonds. The highest BCUT2D eigenvalue weighted by Gasteiger charge is 2.19. The van der Waals surface area contributed by atoms with Crippen molar-refractivity contribution in [3.8, 4) is 45.8 Å². The first-order valence-corrected chi connectivity index (χ1v) is 16.3. The van der Waals surface area contributed by atoms with E-state index in [0.717, 1.165) is 77.2 Å². The molecule has 2 heterocycles. The molecule has 5 nitrogen and oxygen atoms in total. The molecule has 0 radical (unpaired) electrons. The molecule has 0 unspecified atom stereocenters. The zero-order chi connectivity index (χ0) is 33.8. The highest BCUT2D eigenvalue weighted by atomic mass is 15.0. The number of nitrogens with zero attached hydrogens (tertiary/aromatic N) is 5. The summed E-state index contributed by atoms with van der Waals surface area (Å²) in [7, 11) is 0. The van der Waals surface area contributed by atoms with E-state index < -0.39 is 0 Å². The lowest BCUT2D eigenvalue weighted by molar-refractivity contribution is 1.18. The van der Waals surface area contributed by atoms with Crippen LogP contribution in [0.3, 0.4) is 0 Å². The number of hydrogen-bond acceptors (Lipinski definition) is 2. The smallest absolute Gasteiger partial charge is 0.211 e. The van der Waals surface area contributed by atoms with Crippen LogP contribution in [0.25, 0.3) is 82.1 Å². The van der Waals surface area contributed by atoms with Gasteiger partial charge in [-0.1, -0.05) is 97.1 Å². The van der Waals surface area contributed by atoms with Gasteiger partial charge in [0, 0.05) is 27.2 Å². The third-order valence-electron chi connectivity index (χ3n) is 9.60. The first-order chi connectivity index (χ1) is 24.7. The highest BCUT2D eigenvalue weighted by Crippen LogP contribution is 2.41. The van der Waals surface area contributed by atoms with Gasteiger partial charge in [0.1, 0.15) is 0 Å². The quantitative estimate of drug-likeness (QED) is 0.181. The van der Waals surface area contributed by atoms with Crippen molar-refractivity contribution < 1.29 is 0 Å². The molecule has 0 N–H and O–H groups in total. The summed E-state index contributed by atoms with van der Waals surface area (Å²) < 4.78 is 4.40. The molecule has 0 aliphatic rings. The molecule has 0 aliphatic carbocycles. The molecule has 50 heavy (non-hydrogen) atoms. The van der Waals surface area contributed by atoms with Crippen molar-refractivity contribution in [2.24, 2.45) is 0 Å². The van der Waals surface area contributed by atoms with E-state index in [0.29, 0.717) is 16.8 Å². The fraction of sp³-hybridized carbons (Fsp3) is 0. The van der Waals surface area contributed by atoms with Crippen molar-refractivity contribution in [1.82, 2.24) is 9.13 Å².